The van der Waals surface area contributed by atoms with Crippen molar-refractivity contribution >= 4 is 5.82 Å². The predicted molar refractivity (Wildman–Crippen MR) is 66.5 cm³/mol. The Hall–Kier alpha value is -1.00. The summed E-state index contributed by atoms with van der Waals surface area (Å²) in [4.78, 5) is 8.93. The van der Waals surface area contributed by atoms with Crippen molar-refractivity contribution in [2.24, 2.45) is 5.92 Å². The largest absolute Gasteiger partial charge is 0.311 e. The smallest absolute Gasteiger partial charge is 0.246 e. The van der Waals surface area contributed by atoms with Crippen molar-refractivity contribution in [3.05, 3.63) is 18.6 Å². The van der Waals surface area contributed by atoms with Crippen LogP contribution in [-0.4, -0.2) is 41.7 Å². The average Bonchev–Trinajstić information content (AvgIpc) is 3.09. The third-order valence-corrected chi connectivity index (χ3v) is 5.48. The molecule has 4 heteroatoms. The van der Waals surface area contributed by atoms with Crippen molar-refractivity contribution in [3.63, 3.8) is 0 Å². The van der Waals surface area contributed by atoms with Gasteiger partial charge in [0.2, 0.25) is 5.82 Å². The van der Waals surface area contributed by atoms with Crippen LogP contribution in [0.25, 0.3) is 0 Å². The fourth-order valence-electron chi connectivity index (χ4n) is 4.72. The van der Waals surface area contributed by atoms with Crippen LogP contribution < -0.4 is 9.80 Å². The first-order valence-corrected chi connectivity index (χ1v) is 6.72. The molecule has 1 N–H and O–H groups in total. The number of hydrogen-bond donors (Lipinski definition) is 1. The molecule has 0 saturated carbocycles. The molecular formula is C13H19N4+. The van der Waals surface area contributed by atoms with Gasteiger partial charge >= 0.3 is 0 Å². The van der Waals surface area contributed by atoms with Crippen molar-refractivity contribution in [2.75, 3.05) is 26.2 Å². The third kappa shape index (κ3) is 1.06. The minimum atomic E-state index is 0.441. The predicted octanol–water partition coefficient (Wildman–Crippen LogP) is 0.940. The Morgan fingerprint density at radius 3 is 2.82 bits per heavy atom. The maximum atomic E-state index is 4.63. The minimum absolute atomic E-state index is 0.441. The fraction of sp³-hybridized carbons (Fsp3) is 0.692. The second kappa shape index (κ2) is 3.27. The van der Waals surface area contributed by atoms with Gasteiger partial charge in [0.05, 0.1) is 25.8 Å². The quantitative estimate of drug-likeness (QED) is 0.731. The van der Waals surface area contributed by atoms with E-state index in [0.29, 0.717) is 5.54 Å². The number of aromatic nitrogens is 2. The first-order valence-electron chi connectivity index (χ1n) is 6.72. The van der Waals surface area contributed by atoms with Crippen LogP contribution >= 0.6 is 0 Å². The highest BCUT2D eigenvalue weighted by atomic mass is 15.5. The van der Waals surface area contributed by atoms with E-state index < -0.39 is 0 Å². The van der Waals surface area contributed by atoms with Gasteiger partial charge in [-0.3, -0.25) is 9.47 Å². The molecule has 1 aromatic heterocycles. The second-order valence-electron chi connectivity index (χ2n) is 5.78. The lowest BCUT2D eigenvalue weighted by atomic mass is 9.85. The van der Waals surface area contributed by atoms with Gasteiger partial charge in [-0.05, 0) is 0 Å². The summed E-state index contributed by atoms with van der Waals surface area (Å²) in [5.74, 6) is 2.11. The van der Waals surface area contributed by atoms with Crippen LogP contribution in [0.2, 0.25) is 0 Å². The van der Waals surface area contributed by atoms with Gasteiger partial charge in [0.15, 0.2) is 0 Å². The molecule has 1 spiro atoms. The lowest BCUT2D eigenvalue weighted by Crippen LogP contribution is -2.61. The van der Waals surface area contributed by atoms with Crippen molar-refractivity contribution in [3.8, 4) is 0 Å². The zero-order chi connectivity index (χ0) is 11.3. The van der Waals surface area contributed by atoms with Gasteiger partial charge in [-0.1, -0.05) is 0 Å². The summed E-state index contributed by atoms with van der Waals surface area (Å²) >= 11 is 0. The van der Waals surface area contributed by atoms with Gasteiger partial charge in [0, 0.05) is 37.9 Å². The maximum Gasteiger partial charge on any atom is 0.246 e. The summed E-state index contributed by atoms with van der Waals surface area (Å²) in [5, 5.41) is 3.59. The Bertz CT molecular complexity index is 416. The monoisotopic (exact) mass is 231 g/mol. The van der Waals surface area contributed by atoms with Crippen LogP contribution in [0.15, 0.2) is 18.6 Å². The Balaban J connectivity index is 1.86. The molecule has 90 valence electrons. The van der Waals surface area contributed by atoms with Crippen molar-refractivity contribution in [1.29, 1.82) is 0 Å². The summed E-state index contributed by atoms with van der Waals surface area (Å²) < 4.78 is 1.11. The Morgan fingerprint density at radius 1 is 1.29 bits per heavy atom. The zero-order valence-electron chi connectivity index (χ0n) is 10.1. The van der Waals surface area contributed by atoms with E-state index in [4.69, 9.17) is 0 Å². The highest BCUT2D eigenvalue weighted by Crippen LogP contribution is 2.54. The zero-order valence-corrected chi connectivity index (χ0v) is 10.1. The van der Waals surface area contributed by atoms with Crippen LogP contribution in [0.3, 0.4) is 0 Å². The molecule has 4 rings (SSSR count). The molecule has 0 aliphatic carbocycles. The van der Waals surface area contributed by atoms with Crippen LogP contribution in [-0.2, 0) is 0 Å². The summed E-state index contributed by atoms with van der Waals surface area (Å²) in [6.45, 7) is 4.89. The van der Waals surface area contributed by atoms with Crippen LogP contribution in [0.4, 0.5) is 5.82 Å². The van der Waals surface area contributed by atoms with Crippen LogP contribution in [0.1, 0.15) is 19.3 Å². The lowest BCUT2D eigenvalue weighted by molar-refractivity contribution is 0.188. The van der Waals surface area contributed by atoms with E-state index in [1.807, 2.05) is 12.4 Å². The van der Waals surface area contributed by atoms with Crippen molar-refractivity contribution in [1.82, 2.24) is 19.8 Å². The molecule has 0 amide bonds. The van der Waals surface area contributed by atoms with Gasteiger partial charge in [-0.15, -0.1) is 0 Å². The topological polar surface area (TPSA) is 37.8 Å². The summed E-state index contributed by atoms with van der Waals surface area (Å²) in [6.07, 6.45) is 9.69. The van der Waals surface area contributed by atoms with Gasteiger partial charge in [-0.2, -0.15) is 0 Å². The Morgan fingerprint density at radius 2 is 2.18 bits per heavy atom. The maximum absolute atomic E-state index is 4.63. The molecule has 0 radical (unpaired) electrons. The number of quaternary nitrogens is 1. The van der Waals surface area contributed by atoms with E-state index in [0.717, 1.165) is 10.4 Å². The molecular weight excluding hydrogens is 212 g/mol. The molecule has 1 aromatic rings. The lowest BCUT2D eigenvalue weighted by Gasteiger charge is -2.41. The van der Waals surface area contributed by atoms with E-state index in [2.05, 4.69) is 15.3 Å². The van der Waals surface area contributed by atoms with Crippen molar-refractivity contribution < 1.29 is 0 Å². The number of piperidine rings is 1. The van der Waals surface area contributed by atoms with Gasteiger partial charge in [0.1, 0.15) is 11.7 Å². The van der Waals surface area contributed by atoms with Crippen molar-refractivity contribution in [2.45, 2.75) is 24.8 Å². The molecule has 4 nitrogen and oxygen atoms in total. The Kier molecular flexibility index (Phi) is 1.92. The molecule has 17 heavy (non-hydrogen) atoms. The molecule has 3 aliphatic heterocycles. The Labute approximate surface area is 102 Å². The molecule has 3 fully saturated rings. The highest BCUT2D eigenvalue weighted by Gasteiger charge is 2.67. The number of nitrogens with one attached hydrogen (secondary N) is 1. The number of rotatable bonds is 1. The molecule has 3 aliphatic rings. The molecule has 3 saturated heterocycles. The molecule has 2 bridgehead atoms. The summed E-state index contributed by atoms with van der Waals surface area (Å²) in [7, 11) is 0. The standard InChI is InChI=1S/C13H19N4/c1-7-17(12-9-14-5-6-16-12)8-2-11(1)13(17)3-4-15-10-13/h5-6,9,11,15H,1-4,7-8,10H2/q+1. The SMILES string of the molecule is c1cnc([N+]23CCC(CC2)C32CCNC2)cn1. The van der Waals surface area contributed by atoms with E-state index in [9.17, 15) is 0 Å². The van der Waals surface area contributed by atoms with E-state index in [1.165, 1.54) is 51.3 Å². The van der Waals surface area contributed by atoms with Crippen LogP contribution in [0, 0.1) is 5.92 Å². The highest BCUT2D eigenvalue weighted by molar-refractivity contribution is 5.41. The molecule has 0 aromatic carbocycles. The molecule has 1 unspecified atom stereocenters. The van der Waals surface area contributed by atoms with E-state index >= 15 is 0 Å². The second-order valence-corrected chi connectivity index (χ2v) is 5.78. The average molecular weight is 231 g/mol. The van der Waals surface area contributed by atoms with E-state index in [-0.39, 0.29) is 0 Å². The fourth-order valence-corrected chi connectivity index (χ4v) is 4.72. The van der Waals surface area contributed by atoms with Gasteiger partial charge < -0.3 is 5.32 Å². The molecule has 4 heterocycles. The van der Waals surface area contributed by atoms with Gasteiger partial charge in [0.25, 0.3) is 0 Å². The third-order valence-electron chi connectivity index (χ3n) is 5.48. The number of nitrogens with zero attached hydrogens (tertiary/aromatic N) is 3. The van der Waals surface area contributed by atoms with Crippen LogP contribution in [0.5, 0.6) is 0 Å². The van der Waals surface area contributed by atoms with Gasteiger partial charge in [-0.25, -0.2) is 4.98 Å². The summed E-state index contributed by atoms with van der Waals surface area (Å²) in [6, 6.07) is 0. The number of hydrogen-bond acceptors (Lipinski definition) is 3. The first kappa shape index (κ1) is 9.97. The first-order chi connectivity index (χ1) is 8.37. The van der Waals surface area contributed by atoms with E-state index in [1.54, 1.807) is 6.20 Å². The normalized spacial score (nSPS) is 43.6. The summed E-state index contributed by atoms with van der Waals surface area (Å²) in [5.41, 5.74) is 0.441. The molecule has 1 atom stereocenters. The minimum Gasteiger partial charge on any atom is -0.311 e.